The predicted octanol–water partition coefficient (Wildman–Crippen LogP) is 4.86. The highest BCUT2D eigenvalue weighted by Crippen LogP contribution is 2.30. The topological polar surface area (TPSA) is 74.7 Å². The third-order valence-corrected chi connectivity index (χ3v) is 5.86. The van der Waals surface area contributed by atoms with Gasteiger partial charge in [0.05, 0.1) is 12.3 Å². The van der Waals surface area contributed by atoms with Crippen molar-refractivity contribution in [2.24, 2.45) is 0 Å². The molecule has 0 aliphatic rings. The number of aliphatic hydroxyl groups is 1. The first-order valence-electron chi connectivity index (χ1n) is 10.2. The van der Waals surface area contributed by atoms with Gasteiger partial charge in [-0.2, -0.15) is 0 Å². The zero-order valence-electron chi connectivity index (χ0n) is 17.6. The Balaban J connectivity index is 1.73. The molecule has 0 unspecified atom stereocenters. The van der Waals surface area contributed by atoms with Crippen molar-refractivity contribution in [1.82, 2.24) is 4.98 Å². The summed E-state index contributed by atoms with van der Waals surface area (Å²) in [6, 6.07) is 13.0. The summed E-state index contributed by atoms with van der Waals surface area (Å²) in [5.74, 6) is 0.315. The molecule has 0 spiro atoms. The Kier molecular flexibility index (Phi) is 8.28. The second kappa shape index (κ2) is 11.1. The fraction of sp³-hybridized carbons (Fsp3) is 0.304. The van der Waals surface area contributed by atoms with Crippen molar-refractivity contribution in [3.05, 3.63) is 69.7 Å². The van der Waals surface area contributed by atoms with Crippen molar-refractivity contribution >= 4 is 39.7 Å². The molecule has 1 amide bonds. The number of amides is 1. The molecule has 0 aliphatic heterocycles. The number of aliphatic hydroxyl groups excluding tert-OH is 1. The Morgan fingerprint density at radius 2 is 2.03 bits per heavy atom. The average Bonchev–Trinajstić information content (AvgIpc) is 3.20. The zero-order valence-corrected chi connectivity index (χ0v) is 19.2. The summed E-state index contributed by atoms with van der Waals surface area (Å²) in [5.41, 5.74) is 2.45. The highest BCUT2D eigenvalue weighted by Gasteiger charge is 2.15. The van der Waals surface area contributed by atoms with Crippen molar-refractivity contribution in [1.29, 1.82) is 0 Å². The number of hydrogen-bond donors (Lipinski definition) is 2. The van der Waals surface area contributed by atoms with Crippen LogP contribution in [0.25, 0.3) is 0 Å². The van der Waals surface area contributed by atoms with Gasteiger partial charge < -0.3 is 14.7 Å². The molecule has 1 aromatic heterocycles. The molecule has 0 saturated heterocycles. The first-order chi connectivity index (χ1) is 15.0. The molecule has 8 heteroatoms. The maximum absolute atomic E-state index is 12.8. The first-order valence-corrected chi connectivity index (χ1v) is 11.4. The summed E-state index contributed by atoms with van der Waals surface area (Å²) in [6.07, 6.45) is 2.46. The summed E-state index contributed by atoms with van der Waals surface area (Å²) in [7, 11) is 0. The fourth-order valence-corrected chi connectivity index (χ4v) is 4.27. The van der Waals surface area contributed by atoms with Gasteiger partial charge in [0.1, 0.15) is 12.4 Å². The molecule has 0 saturated carbocycles. The largest absolute Gasteiger partial charge is 0.489 e. The van der Waals surface area contributed by atoms with Crippen LogP contribution in [0.3, 0.4) is 0 Å². The summed E-state index contributed by atoms with van der Waals surface area (Å²) in [6.45, 7) is 5.81. The molecule has 3 aromatic rings. The van der Waals surface area contributed by atoms with Gasteiger partial charge >= 0.3 is 0 Å². The molecule has 164 valence electrons. The molecule has 3 rings (SSSR count). The van der Waals surface area contributed by atoms with Crippen molar-refractivity contribution < 1.29 is 14.6 Å². The van der Waals surface area contributed by atoms with Crippen LogP contribution in [-0.4, -0.2) is 42.3 Å². The van der Waals surface area contributed by atoms with Crippen LogP contribution in [0.5, 0.6) is 5.75 Å². The van der Waals surface area contributed by atoms with Crippen molar-refractivity contribution in [3.63, 3.8) is 0 Å². The van der Waals surface area contributed by atoms with Gasteiger partial charge in [-0.25, -0.2) is 4.98 Å². The van der Waals surface area contributed by atoms with E-state index in [0.29, 0.717) is 27.9 Å². The van der Waals surface area contributed by atoms with E-state index in [9.17, 15) is 4.79 Å². The van der Waals surface area contributed by atoms with Crippen LogP contribution in [0, 0.1) is 0 Å². The van der Waals surface area contributed by atoms with E-state index in [1.807, 2.05) is 30.3 Å². The van der Waals surface area contributed by atoms with Crippen LogP contribution in [0.4, 0.5) is 10.8 Å². The number of anilines is 2. The number of carbonyl (C=O) groups is 1. The molecule has 0 atom stereocenters. The molecule has 0 aliphatic carbocycles. The van der Waals surface area contributed by atoms with Crippen LogP contribution in [0.1, 0.15) is 34.6 Å². The maximum atomic E-state index is 12.8. The molecule has 31 heavy (non-hydrogen) atoms. The summed E-state index contributed by atoms with van der Waals surface area (Å²) in [5, 5.41) is 13.2. The third-order valence-electron chi connectivity index (χ3n) is 4.72. The molecular formula is C23H26ClN3O3S. The zero-order chi connectivity index (χ0) is 22.2. The van der Waals surface area contributed by atoms with E-state index in [4.69, 9.17) is 21.4 Å². The number of aromatic nitrogens is 1. The van der Waals surface area contributed by atoms with Crippen LogP contribution >= 0.6 is 22.9 Å². The first kappa shape index (κ1) is 23.1. The highest BCUT2D eigenvalue weighted by molar-refractivity contribution is 7.15. The molecule has 0 fully saturated rings. The van der Waals surface area contributed by atoms with Crippen LogP contribution < -0.4 is 15.0 Å². The Morgan fingerprint density at radius 3 is 2.74 bits per heavy atom. The van der Waals surface area contributed by atoms with E-state index in [1.165, 1.54) is 11.3 Å². The number of thiazole rings is 1. The van der Waals surface area contributed by atoms with E-state index in [1.54, 1.807) is 18.3 Å². The van der Waals surface area contributed by atoms with Gasteiger partial charge in [0.2, 0.25) is 0 Å². The van der Waals surface area contributed by atoms with Crippen molar-refractivity contribution in [2.45, 2.75) is 20.3 Å². The highest BCUT2D eigenvalue weighted by atomic mass is 35.5. The van der Waals surface area contributed by atoms with E-state index in [2.05, 4.69) is 29.0 Å². The second-order valence-corrected chi connectivity index (χ2v) is 8.37. The Labute approximate surface area is 191 Å². The minimum Gasteiger partial charge on any atom is -0.489 e. The van der Waals surface area contributed by atoms with Crippen molar-refractivity contribution in [2.75, 3.05) is 36.5 Å². The third kappa shape index (κ3) is 6.19. The van der Waals surface area contributed by atoms with E-state index in [0.717, 1.165) is 29.2 Å². The quantitative estimate of drug-likeness (QED) is 0.453. The number of nitrogens with one attached hydrogen (secondary N) is 1. The van der Waals surface area contributed by atoms with Gasteiger partial charge in [-0.3, -0.25) is 10.1 Å². The smallest absolute Gasteiger partial charge is 0.257 e. The van der Waals surface area contributed by atoms with E-state index >= 15 is 0 Å². The lowest BCUT2D eigenvalue weighted by Gasteiger charge is -2.24. The molecule has 2 N–H and O–H groups in total. The Bertz CT molecular complexity index is 1020. The monoisotopic (exact) mass is 459 g/mol. The SMILES string of the molecule is CCN(CC)c1ccc(C(=O)Nc2ncc(Cc3cccc(Cl)c3)s2)cc1OCCO. The number of halogens is 1. The lowest BCUT2D eigenvalue weighted by molar-refractivity contribution is 0.102. The number of rotatable bonds is 10. The number of nitrogens with zero attached hydrogens (tertiary/aromatic N) is 2. The van der Waals surface area contributed by atoms with Gasteiger partial charge in [0.15, 0.2) is 5.13 Å². The van der Waals surface area contributed by atoms with E-state index < -0.39 is 0 Å². The fourth-order valence-electron chi connectivity index (χ4n) is 3.22. The summed E-state index contributed by atoms with van der Waals surface area (Å²) in [4.78, 5) is 20.3. The summed E-state index contributed by atoms with van der Waals surface area (Å²) >= 11 is 7.48. The molecular weight excluding hydrogens is 434 g/mol. The van der Waals surface area contributed by atoms with Crippen LogP contribution in [0.2, 0.25) is 5.02 Å². The second-order valence-electron chi connectivity index (χ2n) is 6.82. The minimum absolute atomic E-state index is 0.0946. The number of ether oxygens (including phenoxy) is 1. The Morgan fingerprint density at radius 1 is 1.23 bits per heavy atom. The van der Waals surface area contributed by atoms with Crippen molar-refractivity contribution in [3.8, 4) is 5.75 Å². The number of carbonyl (C=O) groups excluding carboxylic acids is 1. The normalized spacial score (nSPS) is 10.7. The van der Waals surface area contributed by atoms with Gasteiger partial charge in [-0.1, -0.05) is 23.7 Å². The van der Waals surface area contributed by atoms with Crippen LogP contribution in [-0.2, 0) is 6.42 Å². The molecule has 0 radical (unpaired) electrons. The molecule has 1 heterocycles. The molecule has 0 bridgehead atoms. The van der Waals surface area contributed by atoms with Crippen LogP contribution in [0.15, 0.2) is 48.7 Å². The standard InChI is InChI=1S/C23H26ClN3O3S/c1-3-27(4-2)20-9-8-17(14-21(20)30-11-10-28)22(29)26-23-25-15-19(31-23)13-16-6-5-7-18(24)12-16/h5-9,12,14-15,28H,3-4,10-11,13H2,1-2H3,(H,25,26,29). The summed E-state index contributed by atoms with van der Waals surface area (Å²) < 4.78 is 5.70. The predicted molar refractivity (Wildman–Crippen MR) is 127 cm³/mol. The minimum atomic E-state index is -0.261. The van der Waals surface area contributed by atoms with Gasteiger partial charge in [0.25, 0.3) is 5.91 Å². The Hall–Kier alpha value is -2.61. The maximum Gasteiger partial charge on any atom is 0.257 e. The number of benzene rings is 2. The lowest BCUT2D eigenvalue weighted by atomic mass is 10.1. The van der Waals surface area contributed by atoms with Gasteiger partial charge in [-0.15, -0.1) is 11.3 Å². The van der Waals surface area contributed by atoms with Gasteiger partial charge in [0, 0.05) is 41.2 Å². The average molecular weight is 460 g/mol. The molecule has 6 nitrogen and oxygen atoms in total. The van der Waals surface area contributed by atoms with Gasteiger partial charge in [-0.05, 0) is 49.7 Å². The van der Waals surface area contributed by atoms with E-state index in [-0.39, 0.29) is 19.1 Å². The lowest BCUT2D eigenvalue weighted by Crippen LogP contribution is -2.23. The molecule has 2 aromatic carbocycles. The number of hydrogen-bond acceptors (Lipinski definition) is 6.